The first-order chi connectivity index (χ1) is 16.2. The number of nitrogens with zero attached hydrogens (tertiary/aromatic N) is 4. The molecule has 33 heavy (non-hydrogen) atoms. The van der Waals surface area contributed by atoms with Gasteiger partial charge in [0.25, 0.3) is 0 Å². The standard InChI is InChI=1S/C23H19N5O2S3/c29-21(25-22-26-27-23(33-22)32-15-17-9-6-12-31-17)13-28-19-11-5-4-10-18(19)24-20(28)14-30-16-7-2-1-3-8-16/h1-12H,13-15H2,(H,25,26,29). The van der Waals surface area contributed by atoms with Crippen LogP contribution in [-0.4, -0.2) is 25.7 Å². The Morgan fingerprint density at radius 1 is 1.03 bits per heavy atom. The number of thiophene rings is 1. The van der Waals surface area contributed by atoms with Gasteiger partial charge in [-0.15, -0.1) is 21.5 Å². The van der Waals surface area contributed by atoms with E-state index in [2.05, 4.69) is 31.9 Å². The SMILES string of the molecule is O=C(Cn1c(COc2ccccc2)nc2ccccc21)Nc1nnc(SCc2cccs2)s1. The Balaban J connectivity index is 1.26. The van der Waals surface area contributed by atoms with Crippen molar-refractivity contribution in [3.05, 3.63) is 82.8 Å². The summed E-state index contributed by atoms with van der Waals surface area (Å²) in [6.07, 6.45) is 0. The minimum atomic E-state index is -0.190. The van der Waals surface area contributed by atoms with Gasteiger partial charge in [0.2, 0.25) is 11.0 Å². The van der Waals surface area contributed by atoms with E-state index in [-0.39, 0.29) is 19.1 Å². The summed E-state index contributed by atoms with van der Waals surface area (Å²) in [6.45, 7) is 0.361. The second-order valence-corrected chi connectivity index (χ2v) is 10.2. The summed E-state index contributed by atoms with van der Waals surface area (Å²) in [7, 11) is 0. The number of imidazole rings is 1. The van der Waals surface area contributed by atoms with Crippen LogP contribution in [0.1, 0.15) is 10.7 Å². The van der Waals surface area contributed by atoms with Crippen molar-refractivity contribution in [2.75, 3.05) is 5.32 Å². The van der Waals surface area contributed by atoms with Gasteiger partial charge in [0, 0.05) is 10.6 Å². The molecule has 0 aliphatic carbocycles. The zero-order valence-corrected chi connectivity index (χ0v) is 19.8. The highest BCUT2D eigenvalue weighted by molar-refractivity contribution is 8.00. The average molecular weight is 494 g/mol. The van der Waals surface area contributed by atoms with Crippen molar-refractivity contribution in [2.24, 2.45) is 0 Å². The lowest BCUT2D eigenvalue weighted by Gasteiger charge is -2.10. The number of hydrogen-bond acceptors (Lipinski definition) is 8. The monoisotopic (exact) mass is 493 g/mol. The Labute approximate surface area is 202 Å². The Morgan fingerprint density at radius 2 is 1.88 bits per heavy atom. The summed E-state index contributed by atoms with van der Waals surface area (Å²) in [5, 5.41) is 13.7. The van der Waals surface area contributed by atoms with Crippen LogP contribution in [0.5, 0.6) is 5.75 Å². The summed E-state index contributed by atoms with van der Waals surface area (Å²) < 4.78 is 8.58. The maximum absolute atomic E-state index is 12.8. The van der Waals surface area contributed by atoms with Crippen molar-refractivity contribution in [3.63, 3.8) is 0 Å². The zero-order valence-electron chi connectivity index (χ0n) is 17.4. The molecule has 2 aromatic carbocycles. The molecule has 0 unspecified atom stereocenters. The zero-order chi connectivity index (χ0) is 22.5. The highest BCUT2D eigenvalue weighted by atomic mass is 32.2. The van der Waals surface area contributed by atoms with Crippen LogP contribution < -0.4 is 10.1 Å². The number of amides is 1. The molecule has 0 bridgehead atoms. The van der Waals surface area contributed by atoms with Crippen LogP contribution in [0.4, 0.5) is 5.13 Å². The van der Waals surface area contributed by atoms with Gasteiger partial charge < -0.3 is 9.30 Å². The van der Waals surface area contributed by atoms with Gasteiger partial charge in [0.15, 0.2) is 4.34 Å². The minimum Gasteiger partial charge on any atom is -0.486 e. The molecule has 0 spiro atoms. The molecule has 0 saturated carbocycles. The number of anilines is 1. The molecule has 0 aliphatic rings. The third-order valence-electron chi connectivity index (χ3n) is 4.72. The van der Waals surface area contributed by atoms with E-state index in [1.807, 2.05) is 65.2 Å². The molecule has 7 nitrogen and oxygen atoms in total. The maximum atomic E-state index is 12.8. The lowest BCUT2D eigenvalue weighted by atomic mass is 10.3. The van der Waals surface area contributed by atoms with Crippen LogP contribution in [0.25, 0.3) is 11.0 Å². The lowest BCUT2D eigenvalue weighted by Crippen LogP contribution is -2.20. The van der Waals surface area contributed by atoms with E-state index in [4.69, 9.17) is 4.74 Å². The summed E-state index contributed by atoms with van der Waals surface area (Å²) in [5.41, 5.74) is 1.70. The highest BCUT2D eigenvalue weighted by Gasteiger charge is 2.16. The number of carbonyl (C=O) groups excluding carboxylic acids is 1. The Kier molecular flexibility index (Phi) is 6.66. The first kappa shape index (κ1) is 21.6. The normalized spacial score (nSPS) is 11.0. The number of hydrogen-bond donors (Lipinski definition) is 1. The number of nitrogens with one attached hydrogen (secondary N) is 1. The van der Waals surface area contributed by atoms with Gasteiger partial charge in [-0.05, 0) is 35.7 Å². The Bertz CT molecular complexity index is 1350. The second kappa shape index (κ2) is 10.2. The molecular formula is C23H19N5O2S3. The summed E-state index contributed by atoms with van der Waals surface area (Å²) in [5.74, 6) is 2.08. The molecule has 1 amide bonds. The molecule has 166 valence electrons. The third-order valence-corrected chi connectivity index (χ3v) is 7.80. The third kappa shape index (κ3) is 5.41. The van der Waals surface area contributed by atoms with Crippen molar-refractivity contribution < 1.29 is 9.53 Å². The first-order valence-corrected chi connectivity index (χ1v) is 12.8. The van der Waals surface area contributed by atoms with Crippen LogP contribution in [0, 0.1) is 0 Å². The molecule has 5 aromatic rings. The number of aromatic nitrogens is 4. The van der Waals surface area contributed by atoms with Gasteiger partial charge >= 0.3 is 0 Å². The molecule has 0 radical (unpaired) electrons. The van der Waals surface area contributed by atoms with Crippen molar-refractivity contribution in [1.82, 2.24) is 19.7 Å². The summed E-state index contributed by atoms with van der Waals surface area (Å²) in [4.78, 5) is 18.8. The lowest BCUT2D eigenvalue weighted by molar-refractivity contribution is -0.116. The Morgan fingerprint density at radius 3 is 2.73 bits per heavy atom. The maximum Gasteiger partial charge on any atom is 0.246 e. The molecule has 10 heteroatoms. The largest absolute Gasteiger partial charge is 0.486 e. The number of fused-ring (bicyclic) bond motifs is 1. The second-order valence-electron chi connectivity index (χ2n) is 6.99. The fraction of sp³-hybridized carbons (Fsp3) is 0.130. The molecule has 5 rings (SSSR count). The fourth-order valence-corrected chi connectivity index (χ4v) is 5.77. The van der Waals surface area contributed by atoms with Gasteiger partial charge in [-0.3, -0.25) is 10.1 Å². The van der Waals surface area contributed by atoms with E-state index >= 15 is 0 Å². The van der Waals surface area contributed by atoms with Crippen LogP contribution >= 0.6 is 34.4 Å². The molecule has 0 fully saturated rings. The molecule has 3 aromatic heterocycles. The number of ether oxygens (including phenoxy) is 1. The highest BCUT2D eigenvalue weighted by Crippen LogP contribution is 2.29. The molecule has 0 atom stereocenters. The molecular weight excluding hydrogens is 474 g/mol. The van der Waals surface area contributed by atoms with Crippen LogP contribution in [0.15, 0.2) is 76.4 Å². The van der Waals surface area contributed by atoms with Gasteiger partial charge in [0.1, 0.15) is 24.7 Å². The fourth-order valence-electron chi connectivity index (χ4n) is 3.23. The van der Waals surface area contributed by atoms with Gasteiger partial charge in [0.05, 0.1) is 11.0 Å². The van der Waals surface area contributed by atoms with E-state index in [0.29, 0.717) is 11.0 Å². The van der Waals surface area contributed by atoms with Crippen LogP contribution in [-0.2, 0) is 23.7 Å². The van der Waals surface area contributed by atoms with Gasteiger partial charge in [-0.25, -0.2) is 4.98 Å². The topological polar surface area (TPSA) is 81.9 Å². The first-order valence-electron chi connectivity index (χ1n) is 10.1. The number of carbonyl (C=O) groups is 1. The smallest absolute Gasteiger partial charge is 0.246 e. The molecule has 1 N–H and O–H groups in total. The minimum absolute atomic E-state index is 0.102. The quantitative estimate of drug-likeness (QED) is 0.217. The van der Waals surface area contributed by atoms with Crippen molar-refractivity contribution >= 4 is 56.5 Å². The number of para-hydroxylation sites is 3. The number of rotatable bonds is 9. The van der Waals surface area contributed by atoms with Crippen molar-refractivity contribution in [3.8, 4) is 5.75 Å². The predicted octanol–water partition coefficient (Wildman–Crippen LogP) is 5.46. The van der Waals surface area contributed by atoms with Crippen LogP contribution in [0.3, 0.4) is 0 Å². The predicted molar refractivity (Wildman–Crippen MR) is 133 cm³/mol. The molecule has 3 heterocycles. The van der Waals surface area contributed by atoms with Gasteiger partial charge in [-0.2, -0.15) is 0 Å². The van der Waals surface area contributed by atoms with E-state index in [1.54, 1.807) is 23.1 Å². The summed E-state index contributed by atoms with van der Waals surface area (Å²) in [6, 6.07) is 21.4. The van der Waals surface area contributed by atoms with E-state index in [9.17, 15) is 4.79 Å². The van der Waals surface area contributed by atoms with E-state index < -0.39 is 0 Å². The molecule has 0 aliphatic heterocycles. The number of benzene rings is 2. The van der Waals surface area contributed by atoms with Gasteiger partial charge in [-0.1, -0.05) is 59.5 Å². The van der Waals surface area contributed by atoms with Crippen molar-refractivity contribution in [2.45, 2.75) is 23.2 Å². The Hall–Kier alpha value is -3.21. The van der Waals surface area contributed by atoms with Crippen LogP contribution in [0.2, 0.25) is 0 Å². The van der Waals surface area contributed by atoms with E-state index in [0.717, 1.165) is 26.9 Å². The number of thioether (sulfide) groups is 1. The average Bonchev–Trinajstić information content (AvgIpc) is 3.58. The summed E-state index contributed by atoms with van der Waals surface area (Å²) >= 11 is 4.70. The van der Waals surface area contributed by atoms with Crippen molar-refractivity contribution in [1.29, 1.82) is 0 Å². The van der Waals surface area contributed by atoms with E-state index in [1.165, 1.54) is 16.2 Å². The molecule has 0 saturated heterocycles.